The number of hydrogen-bond donors (Lipinski definition) is 2. The zero-order valence-corrected chi connectivity index (χ0v) is 14.7. The molecule has 0 saturated carbocycles. The van der Waals surface area contributed by atoms with Crippen LogP contribution in [0.5, 0.6) is 0 Å². The Balaban J connectivity index is 0. The molecule has 138 valence electrons. The van der Waals surface area contributed by atoms with Gasteiger partial charge in [-0.3, -0.25) is 9.59 Å². The second-order valence-electron chi connectivity index (χ2n) is 5.06. The molecule has 2 N–H and O–H groups in total. The lowest BCUT2D eigenvalue weighted by atomic mass is 10.1. The van der Waals surface area contributed by atoms with Crippen LogP contribution in [0.2, 0.25) is 0 Å². The lowest BCUT2D eigenvalue weighted by molar-refractivity contribution is -0.189. The van der Waals surface area contributed by atoms with Gasteiger partial charge >= 0.3 is 11.9 Å². The van der Waals surface area contributed by atoms with E-state index in [1.807, 2.05) is 13.8 Å². The van der Waals surface area contributed by atoms with E-state index in [1.165, 1.54) is 0 Å². The van der Waals surface area contributed by atoms with E-state index in [9.17, 15) is 14.7 Å². The fourth-order valence-electron chi connectivity index (χ4n) is 1.51. The van der Waals surface area contributed by atoms with Gasteiger partial charge in [-0.25, -0.2) is 0 Å². The number of rotatable bonds is 11. The van der Waals surface area contributed by atoms with Gasteiger partial charge in [-0.2, -0.15) is 0 Å². The number of carbonyl (C=O) groups excluding carboxylic acids is 2. The SMILES string of the molecule is CCCCCOC(=O)C(CO)C(O)OC(=O)CCCC.COC. The molecule has 0 aromatic rings. The molecule has 0 saturated heterocycles. The normalized spacial score (nSPS) is 12.6. The third kappa shape index (κ3) is 14.2. The molecule has 0 bridgehead atoms. The Morgan fingerprint density at radius 1 is 1.04 bits per heavy atom. The predicted octanol–water partition coefficient (Wildman–Crippen LogP) is 1.64. The summed E-state index contributed by atoms with van der Waals surface area (Å²) in [6.45, 7) is 3.56. The van der Waals surface area contributed by atoms with Crippen molar-refractivity contribution in [2.24, 2.45) is 5.92 Å². The molecule has 0 heterocycles. The van der Waals surface area contributed by atoms with E-state index in [4.69, 9.17) is 14.6 Å². The minimum absolute atomic E-state index is 0.178. The quantitative estimate of drug-likeness (QED) is 0.336. The summed E-state index contributed by atoms with van der Waals surface area (Å²) in [6, 6.07) is 0. The minimum atomic E-state index is -1.66. The average Bonchev–Trinajstić information content (AvgIpc) is 2.51. The maximum absolute atomic E-state index is 11.6. The number of aliphatic hydroxyl groups excluding tert-OH is 2. The number of methoxy groups -OCH3 is 1. The first-order valence-electron chi connectivity index (χ1n) is 8.03. The average molecular weight is 336 g/mol. The molecular weight excluding hydrogens is 304 g/mol. The summed E-state index contributed by atoms with van der Waals surface area (Å²) in [6.07, 6.45) is 2.65. The van der Waals surface area contributed by atoms with Gasteiger partial charge in [0.25, 0.3) is 0 Å². The van der Waals surface area contributed by atoms with E-state index in [-0.39, 0.29) is 13.0 Å². The maximum atomic E-state index is 11.6. The van der Waals surface area contributed by atoms with Crippen LogP contribution in [0.1, 0.15) is 52.4 Å². The first kappa shape index (κ1) is 24.1. The van der Waals surface area contributed by atoms with E-state index >= 15 is 0 Å². The zero-order chi connectivity index (χ0) is 18.1. The van der Waals surface area contributed by atoms with Crippen molar-refractivity contribution in [2.45, 2.75) is 58.7 Å². The zero-order valence-electron chi connectivity index (χ0n) is 14.7. The van der Waals surface area contributed by atoms with Gasteiger partial charge in [-0.05, 0) is 12.8 Å². The Bertz CT molecular complexity index is 294. The highest BCUT2D eigenvalue weighted by molar-refractivity contribution is 5.74. The summed E-state index contributed by atoms with van der Waals surface area (Å²) in [7, 11) is 3.25. The van der Waals surface area contributed by atoms with Crippen molar-refractivity contribution in [1.29, 1.82) is 0 Å². The monoisotopic (exact) mass is 336 g/mol. The third-order valence-electron chi connectivity index (χ3n) is 2.82. The summed E-state index contributed by atoms with van der Waals surface area (Å²) in [4.78, 5) is 23.0. The molecule has 0 aliphatic heterocycles. The molecule has 2 atom stereocenters. The van der Waals surface area contributed by atoms with Crippen LogP contribution in [-0.2, 0) is 23.8 Å². The molecular formula is C16H32O7. The van der Waals surface area contributed by atoms with Crippen LogP contribution in [0.4, 0.5) is 0 Å². The van der Waals surface area contributed by atoms with E-state index in [0.717, 1.165) is 25.7 Å². The smallest absolute Gasteiger partial charge is 0.317 e. The van der Waals surface area contributed by atoms with E-state index < -0.39 is 30.8 Å². The summed E-state index contributed by atoms with van der Waals surface area (Å²) in [5.74, 6) is -2.59. The molecule has 0 aromatic carbocycles. The summed E-state index contributed by atoms with van der Waals surface area (Å²) in [5.41, 5.74) is 0. The van der Waals surface area contributed by atoms with Gasteiger partial charge in [0.1, 0.15) is 5.92 Å². The van der Waals surface area contributed by atoms with Crippen molar-refractivity contribution in [2.75, 3.05) is 27.4 Å². The first-order chi connectivity index (χ1) is 11.0. The van der Waals surface area contributed by atoms with Gasteiger partial charge < -0.3 is 24.4 Å². The largest absolute Gasteiger partial charge is 0.465 e. The fourth-order valence-corrected chi connectivity index (χ4v) is 1.51. The van der Waals surface area contributed by atoms with Gasteiger partial charge in [0.05, 0.1) is 13.2 Å². The molecule has 0 aliphatic carbocycles. The Kier molecular flexibility index (Phi) is 18.0. The Labute approximate surface area is 138 Å². The summed E-state index contributed by atoms with van der Waals surface area (Å²) in [5, 5.41) is 18.8. The van der Waals surface area contributed by atoms with Crippen LogP contribution < -0.4 is 0 Å². The van der Waals surface area contributed by atoms with E-state index in [2.05, 4.69) is 4.74 Å². The van der Waals surface area contributed by atoms with Crippen LogP contribution in [0.3, 0.4) is 0 Å². The molecule has 0 spiro atoms. The minimum Gasteiger partial charge on any atom is -0.465 e. The molecule has 7 nitrogen and oxygen atoms in total. The highest BCUT2D eigenvalue weighted by Crippen LogP contribution is 2.10. The maximum Gasteiger partial charge on any atom is 0.317 e. The summed E-state index contributed by atoms with van der Waals surface area (Å²) >= 11 is 0. The van der Waals surface area contributed by atoms with E-state index in [1.54, 1.807) is 14.2 Å². The van der Waals surface area contributed by atoms with Crippen molar-refractivity contribution in [3.63, 3.8) is 0 Å². The van der Waals surface area contributed by atoms with Gasteiger partial charge in [0.15, 0.2) is 0 Å². The number of ether oxygens (including phenoxy) is 3. The molecule has 23 heavy (non-hydrogen) atoms. The Hall–Kier alpha value is -1.18. The van der Waals surface area contributed by atoms with Crippen molar-refractivity contribution in [3.05, 3.63) is 0 Å². The van der Waals surface area contributed by atoms with Crippen LogP contribution in [0.25, 0.3) is 0 Å². The molecule has 0 fully saturated rings. The first-order valence-corrected chi connectivity index (χ1v) is 8.03. The standard InChI is InChI=1S/C14H26O6.C2H6O/c1-3-5-7-9-19-13(17)11(10-15)14(18)20-12(16)8-6-4-2;1-3-2/h11,14-15,18H,3-10H2,1-2H3;1-2H3. The highest BCUT2D eigenvalue weighted by atomic mass is 16.6. The van der Waals surface area contributed by atoms with Crippen LogP contribution in [0.15, 0.2) is 0 Å². The molecule has 7 heteroatoms. The molecule has 0 amide bonds. The summed E-state index contributed by atoms with van der Waals surface area (Å²) < 4.78 is 13.9. The number of aliphatic hydroxyl groups is 2. The van der Waals surface area contributed by atoms with Crippen LogP contribution in [-0.4, -0.2) is 55.9 Å². The fraction of sp³-hybridized carbons (Fsp3) is 0.875. The highest BCUT2D eigenvalue weighted by Gasteiger charge is 2.30. The van der Waals surface area contributed by atoms with Gasteiger partial charge in [-0.1, -0.05) is 33.1 Å². The second kappa shape index (κ2) is 17.2. The molecule has 0 aliphatic rings. The molecule has 2 unspecified atom stereocenters. The third-order valence-corrected chi connectivity index (χ3v) is 2.82. The Morgan fingerprint density at radius 3 is 2.09 bits per heavy atom. The van der Waals surface area contributed by atoms with Gasteiger partial charge in [0.2, 0.25) is 6.29 Å². The van der Waals surface area contributed by atoms with Crippen LogP contribution >= 0.6 is 0 Å². The lowest BCUT2D eigenvalue weighted by Crippen LogP contribution is -2.36. The molecule has 0 aromatic heterocycles. The van der Waals surface area contributed by atoms with Gasteiger partial charge in [0, 0.05) is 20.6 Å². The predicted molar refractivity (Wildman–Crippen MR) is 85.6 cm³/mol. The second-order valence-corrected chi connectivity index (χ2v) is 5.06. The van der Waals surface area contributed by atoms with E-state index in [0.29, 0.717) is 6.42 Å². The van der Waals surface area contributed by atoms with Crippen molar-refractivity contribution < 1.29 is 34.0 Å². The Morgan fingerprint density at radius 2 is 1.61 bits per heavy atom. The number of esters is 2. The van der Waals surface area contributed by atoms with Gasteiger partial charge in [-0.15, -0.1) is 0 Å². The lowest BCUT2D eigenvalue weighted by Gasteiger charge is -2.19. The van der Waals surface area contributed by atoms with Crippen molar-refractivity contribution in [3.8, 4) is 0 Å². The molecule has 0 rings (SSSR count). The van der Waals surface area contributed by atoms with Crippen molar-refractivity contribution in [1.82, 2.24) is 0 Å². The van der Waals surface area contributed by atoms with Crippen molar-refractivity contribution >= 4 is 11.9 Å². The number of hydrogen-bond acceptors (Lipinski definition) is 7. The molecule has 0 radical (unpaired) electrons. The number of unbranched alkanes of at least 4 members (excludes halogenated alkanes) is 3. The van der Waals surface area contributed by atoms with Crippen LogP contribution in [0, 0.1) is 5.92 Å². The topological polar surface area (TPSA) is 102 Å². The number of carbonyl (C=O) groups is 2.